The van der Waals surface area contributed by atoms with Crippen LogP contribution < -0.4 is 10.6 Å². The second-order valence-electron chi connectivity index (χ2n) is 5.55. The van der Waals surface area contributed by atoms with Gasteiger partial charge in [-0.3, -0.25) is 4.79 Å². The third-order valence-electron chi connectivity index (χ3n) is 4.03. The number of carbonyl (C=O) groups is 1. The molecule has 0 bridgehead atoms. The van der Waals surface area contributed by atoms with Gasteiger partial charge in [0.1, 0.15) is 0 Å². The van der Waals surface area contributed by atoms with Crippen LogP contribution >= 0.6 is 0 Å². The average Bonchev–Trinajstić information content (AvgIpc) is 3.02. The van der Waals surface area contributed by atoms with E-state index in [4.69, 9.17) is 0 Å². The van der Waals surface area contributed by atoms with E-state index in [2.05, 4.69) is 15.7 Å². The second-order valence-corrected chi connectivity index (χ2v) is 5.55. The van der Waals surface area contributed by atoms with E-state index in [9.17, 15) is 13.6 Å². The molecule has 5 nitrogen and oxygen atoms in total. The molecule has 0 saturated carbocycles. The van der Waals surface area contributed by atoms with Gasteiger partial charge in [-0.05, 0) is 45.7 Å². The number of alkyl halides is 2. The van der Waals surface area contributed by atoms with Crippen molar-refractivity contribution < 1.29 is 13.6 Å². The van der Waals surface area contributed by atoms with E-state index in [0.29, 0.717) is 34.1 Å². The van der Waals surface area contributed by atoms with E-state index in [0.717, 1.165) is 25.9 Å². The minimum absolute atomic E-state index is 0.104. The number of nitrogens with zero attached hydrogens (tertiary/aromatic N) is 2. The standard InChI is InChI=1S/C14H22F2N4O/c1-9-12(10(2)20(19-9)14(15)16)7-13(21)18-6-4-11-3-5-17-8-11/h11,14,17H,3-8H2,1-2H3,(H,18,21). The smallest absolute Gasteiger partial charge is 0.333 e. The Labute approximate surface area is 123 Å². The highest BCUT2D eigenvalue weighted by atomic mass is 19.3. The molecule has 1 aromatic heterocycles. The van der Waals surface area contributed by atoms with Crippen LogP contribution in [0.25, 0.3) is 0 Å². The van der Waals surface area contributed by atoms with E-state index >= 15 is 0 Å². The van der Waals surface area contributed by atoms with Gasteiger partial charge in [0.05, 0.1) is 12.1 Å². The minimum atomic E-state index is -2.67. The van der Waals surface area contributed by atoms with Crippen LogP contribution in [0.4, 0.5) is 8.78 Å². The highest BCUT2D eigenvalue weighted by Crippen LogP contribution is 2.19. The number of halogens is 2. The van der Waals surface area contributed by atoms with Crippen molar-refractivity contribution in [3.05, 3.63) is 17.0 Å². The summed E-state index contributed by atoms with van der Waals surface area (Å²) in [6.07, 6.45) is 2.20. The Bertz CT molecular complexity index is 495. The summed E-state index contributed by atoms with van der Waals surface area (Å²) < 4.78 is 26.1. The van der Waals surface area contributed by atoms with Crippen molar-refractivity contribution in [3.8, 4) is 0 Å². The predicted molar refractivity (Wildman–Crippen MR) is 75.3 cm³/mol. The number of rotatable bonds is 6. The van der Waals surface area contributed by atoms with Crippen molar-refractivity contribution in [2.24, 2.45) is 5.92 Å². The van der Waals surface area contributed by atoms with Crippen molar-refractivity contribution >= 4 is 5.91 Å². The molecule has 1 unspecified atom stereocenters. The number of carbonyl (C=O) groups excluding carboxylic acids is 1. The van der Waals surface area contributed by atoms with Gasteiger partial charge in [0.2, 0.25) is 5.91 Å². The summed E-state index contributed by atoms with van der Waals surface area (Å²) in [5.41, 5.74) is 1.44. The van der Waals surface area contributed by atoms with E-state index in [1.54, 1.807) is 13.8 Å². The molecular weight excluding hydrogens is 278 g/mol. The molecule has 2 N–H and O–H groups in total. The van der Waals surface area contributed by atoms with Crippen molar-refractivity contribution in [1.29, 1.82) is 0 Å². The van der Waals surface area contributed by atoms with Gasteiger partial charge in [-0.25, -0.2) is 4.68 Å². The lowest BCUT2D eigenvalue weighted by Crippen LogP contribution is -2.28. The summed E-state index contributed by atoms with van der Waals surface area (Å²) >= 11 is 0. The Morgan fingerprint density at radius 3 is 2.86 bits per heavy atom. The molecule has 7 heteroatoms. The fourth-order valence-corrected chi connectivity index (χ4v) is 2.74. The van der Waals surface area contributed by atoms with E-state index in [1.165, 1.54) is 0 Å². The first kappa shape index (κ1) is 15.9. The second kappa shape index (κ2) is 6.98. The summed E-state index contributed by atoms with van der Waals surface area (Å²) in [4.78, 5) is 11.9. The van der Waals surface area contributed by atoms with Crippen molar-refractivity contribution in [2.45, 2.75) is 39.7 Å². The molecular formula is C14H22F2N4O. The number of aromatic nitrogens is 2. The fraction of sp³-hybridized carbons (Fsp3) is 0.714. The fourth-order valence-electron chi connectivity index (χ4n) is 2.74. The summed E-state index contributed by atoms with van der Waals surface area (Å²) in [6, 6.07) is 0. The maximum atomic E-state index is 12.7. The van der Waals surface area contributed by atoms with Crippen LogP contribution in [0.3, 0.4) is 0 Å². The summed E-state index contributed by atoms with van der Waals surface area (Å²) in [6.45, 7) is 3.23. The van der Waals surface area contributed by atoms with Crippen molar-refractivity contribution in [1.82, 2.24) is 20.4 Å². The summed E-state index contributed by atoms with van der Waals surface area (Å²) in [5.74, 6) is 0.483. The number of hydrogen-bond donors (Lipinski definition) is 2. The van der Waals surface area contributed by atoms with Crippen LogP contribution in [-0.2, 0) is 11.2 Å². The highest BCUT2D eigenvalue weighted by Gasteiger charge is 2.19. The van der Waals surface area contributed by atoms with Crippen molar-refractivity contribution in [3.63, 3.8) is 0 Å². The maximum Gasteiger partial charge on any atom is 0.333 e. The number of aryl methyl sites for hydroxylation is 1. The molecule has 0 aromatic carbocycles. The molecule has 1 saturated heterocycles. The largest absolute Gasteiger partial charge is 0.356 e. The quantitative estimate of drug-likeness (QED) is 0.838. The van der Waals surface area contributed by atoms with E-state index in [-0.39, 0.29) is 12.3 Å². The Morgan fingerprint density at radius 2 is 2.29 bits per heavy atom. The molecule has 0 aliphatic carbocycles. The molecule has 2 rings (SSSR count). The molecule has 118 valence electrons. The zero-order valence-corrected chi connectivity index (χ0v) is 12.5. The molecule has 0 spiro atoms. The monoisotopic (exact) mass is 300 g/mol. The number of hydrogen-bond acceptors (Lipinski definition) is 3. The van der Waals surface area contributed by atoms with Crippen LogP contribution in [0.15, 0.2) is 0 Å². The van der Waals surface area contributed by atoms with E-state index < -0.39 is 6.55 Å². The van der Waals surface area contributed by atoms with Gasteiger partial charge >= 0.3 is 6.55 Å². The Hall–Kier alpha value is -1.50. The van der Waals surface area contributed by atoms with Gasteiger partial charge in [0.25, 0.3) is 0 Å². The Kier molecular flexibility index (Phi) is 5.27. The van der Waals surface area contributed by atoms with Gasteiger partial charge in [-0.1, -0.05) is 0 Å². The van der Waals surface area contributed by atoms with Crippen LogP contribution in [0.5, 0.6) is 0 Å². The van der Waals surface area contributed by atoms with Crippen LogP contribution in [0.1, 0.15) is 36.3 Å². The lowest BCUT2D eigenvalue weighted by atomic mass is 10.1. The summed E-state index contributed by atoms with van der Waals surface area (Å²) in [5, 5.41) is 9.93. The average molecular weight is 300 g/mol. The Balaban J connectivity index is 1.84. The molecule has 1 fully saturated rings. The zero-order chi connectivity index (χ0) is 15.4. The van der Waals surface area contributed by atoms with E-state index in [1.807, 2.05) is 0 Å². The number of amides is 1. The molecule has 1 aromatic rings. The highest BCUT2D eigenvalue weighted by molar-refractivity contribution is 5.79. The Morgan fingerprint density at radius 1 is 1.52 bits per heavy atom. The third-order valence-corrected chi connectivity index (χ3v) is 4.03. The lowest BCUT2D eigenvalue weighted by Gasteiger charge is -2.09. The van der Waals surface area contributed by atoms with Gasteiger partial charge in [0.15, 0.2) is 0 Å². The van der Waals surface area contributed by atoms with Crippen molar-refractivity contribution in [2.75, 3.05) is 19.6 Å². The summed E-state index contributed by atoms with van der Waals surface area (Å²) in [7, 11) is 0. The van der Waals surface area contributed by atoms with Gasteiger partial charge in [-0.2, -0.15) is 13.9 Å². The molecule has 1 aliphatic rings. The lowest BCUT2D eigenvalue weighted by molar-refractivity contribution is -0.120. The zero-order valence-electron chi connectivity index (χ0n) is 12.5. The molecule has 2 heterocycles. The first-order chi connectivity index (χ1) is 9.99. The molecule has 1 aliphatic heterocycles. The van der Waals surface area contributed by atoms with Crippen LogP contribution in [0, 0.1) is 19.8 Å². The molecule has 0 radical (unpaired) electrons. The molecule has 1 amide bonds. The van der Waals surface area contributed by atoms with Gasteiger partial charge in [0, 0.05) is 17.8 Å². The van der Waals surface area contributed by atoms with Gasteiger partial charge < -0.3 is 10.6 Å². The van der Waals surface area contributed by atoms with Crippen LogP contribution in [-0.4, -0.2) is 35.3 Å². The maximum absolute atomic E-state index is 12.7. The first-order valence-electron chi connectivity index (χ1n) is 7.29. The molecule has 1 atom stereocenters. The normalized spacial score (nSPS) is 18.4. The molecule has 21 heavy (non-hydrogen) atoms. The first-order valence-corrected chi connectivity index (χ1v) is 7.29. The SMILES string of the molecule is Cc1nn(C(F)F)c(C)c1CC(=O)NCCC1CCNC1. The van der Waals surface area contributed by atoms with Gasteiger partial charge in [-0.15, -0.1) is 0 Å². The predicted octanol–water partition coefficient (Wildman–Crippen LogP) is 1.55. The minimum Gasteiger partial charge on any atom is -0.356 e. The third kappa shape index (κ3) is 4.00. The topological polar surface area (TPSA) is 59.0 Å². The van der Waals surface area contributed by atoms with Crippen LogP contribution in [0.2, 0.25) is 0 Å². The number of nitrogens with one attached hydrogen (secondary N) is 2.